The lowest BCUT2D eigenvalue weighted by Gasteiger charge is -2.09. The second-order valence-corrected chi connectivity index (χ2v) is 5.34. The summed E-state index contributed by atoms with van der Waals surface area (Å²) in [4.78, 5) is 0. The molecule has 0 spiro atoms. The molecule has 2 rings (SSSR count). The van der Waals surface area contributed by atoms with E-state index in [4.69, 9.17) is 23.2 Å². The summed E-state index contributed by atoms with van der Waals surface area (Å²) in [6.07, 6.45) is 1.12. The van der Waals surface area contributed by atoms with Crippen molar-refractivity contribution < 1.29 is 0 Å². The maximum absolute atomic E-state index is 6.23. The number of halogens is 2. The predicted octanol–water partition coefficient (Wildman–Crippen LogP) is 5.16. The third kappa shape index (κ3) is 3.97. The van der Waals surface area contributed by atoms with E-state index in [-0.39, 0.29) is 0 Å². The Balaban J connectivity index is 2.25. The maximum atomic E-state index is 6.23. The van der Waals surface area contributed by atoms with Crippen molar-refractivity contribution in [3.63, 3.8) is 0 Å². The Morgan fingerprint density at radius 2 is 1.79 bits per heavy atom. The third-order valence-corrected chi connectivity index (χ3v) is 3.55. The van der Waals surface area contributed by atoms with Gasteiger partial charge in [-0.05, 0) is 53.9 Å². The Hall–Kier alpha value is -1.02. The first-order valence-corrected chi connectivity index (χ1v) is 7.21. The zero-order chi connectivity index (χ0) is 13.7. The van der Waals surface area contributed by atoms with Crippen molar-refractivity contribution in [2.45, 2.75) is 19.9 Å². The summed E-state index contributed by atoms with van der Waals surface area (Å²) < 4.78 is 0. The van der Waals surface area contributed by atoms with Crippen molar-refractivity contribution in [2.75, 3.05) is 6.54 Å². The lowest BCUT2D eigenvalue weighted by atomic mass is 10.0. The lowest BCUT2D eigenvalue weighted by Crippen LogP contribution is -2.14. The van der Waals surface area contributed by atoms with Crippen LogP contribution in [0.2, 0.25) is 10.0 Å². The third-order valence-electron chi connectivity index (χ3n) is 2.95. The molecule has 0 unspecified atom stereocenters. The molecule has 1 nitrogen and oxygen atoms in total. The number of hydrogen-bond acceptors (Lipinski definition) is 1. The summed E-state index contributed by atoms with van der Waals surface area (Å²) in [6, 6.07) is 14.0. The predicted molar refractivity (Wildman–Crippen MR) is 83.9 cm³/mol. The van der Waals surface area contributed by atoms with Gasteiger partial charge in [-0.25, -0.2) is 0 Å². The van der Waals surface area contributed by atoms with Gasteiger partial charge in [0.2, 0.25) is 0 Å². The summed E-state index contributed by atoms with van der Waals surface area (Å²) in [7, 11) is 0. The van der Waals surface area contributed by atoms with E-state index in [1.54, 1.807) is 0 Å². The highest BCUT2D eigenvalue weighted by Gasteiger charge is 2.04. The Bertz CT molecular complexity index is 552. The highest BCUT2D eigenvalue weighted by Crippen LogP contribution is 2.27. The van der Waals surface area contributed by atoms with Crippen molar-refractivity contribution in [1.82, 2.24) is 5.32 Å². The van der Waals surface area contributed by atoms with E-state index in [1.165, 1.54) is 0 Å². The van der Waals surface area contributed by atoms with E-state index in [1.807, 2.05) is 30.3 Å². The molecule has 0 atom stereocenters. The van der Waals surface area contributed by atoms with E-state index in [0.717, 1.165) is 46.2 Å². The normalized spacial score (nSPS) is 10.7. The van der Waals surface area contributed by atoms with Crippen molar-refractivity contribution in [3.8, 4) is 11.1 Å². The van der Waals surface area contributed by atoms with Crippen molar-refractivity contribution in [3.05, 3.63) is 58.1 Å². The van der Waals surface area contributed by atoms with Crippen molar-refractivity contribution in [1.29, 1.82) is 0 Å². The molecule has 0 radical (unpaired) electrons. The van der Waals surface area contributed by atoms with Gasteiger partial charge in [-0.2, -0.15) is 0 Å². The highest BCUT2D eigenvalue weighted by molar-refractivity contribution is 6.31. The van der Waals surface area contributed by atoms with Gasteiger partial charge >= 0.3 is 0 Å². The van der Waals surface area contributed by atoms with Gasteiger partial charge in [0.1, 0.15) is 0 Å². The zero-order valence-corrected chi connectivity index (χ0v) is 12.4. The largest absolute Gasteiger partial charge is 0.313 e. The van der Waals surface area contributed by atoms with Gasteiger partial charge in [0.25, 0.3) is 0 Å². The first-order chi connectivity index (χ1) is 9.20. The summed E-state index contributed by atoms with van der Waals surface area (Å²) >= 11 is 12.3. The van der Waals surface area contributed by atoms with Gasteiger partial charge < -0.3 is 5.32 Å². The standard InChI is InChI=1S/C16H17Cl2N/c1-2-8-19-11-14-9-13(6-7-16(14)18)12-4-3-5-15(17)10-12/h3-7,9-10,19H,2,8,11H2,1H3. The molecule has 0 aromatic heterocycles. The van der Waals surface area contributed by atoms with Crippen LogP contribution in [0.1, 0.15) is 18.9 Å². The minimum Gasteiger partial charge on any atom is -0.313 e. The molecule has 0 bridgehead atoms. The van der Waals surface area contributed by atoms with E-state index in [9.17, 15) is 0 Å². The van der Waals surface area contributed by atoms with Gasteiger partial charge in [0, 0.05) is 16.6 Å². The average Bonchev–Trinajstić information content (AvgIpc) is 2.41. The van der Waals surface area contributed by atoms with Crippen LogP contribution >= 0.6 is 23.2 Å². The van der Waals surface area contributed by atoms with E-state index in [2.05, 4.69) is 24.4 Å². The zero-order valence-electron chi connectivity index (χ0n) is 10.9. The van der Waals surface area contributed by atoms with Gasteiger partial charge in [0.05, 0.1) is 0 Å². The van der Waals surface area contributed by atoms with Crippen LogP contribution in [0, 0.1) is 0 Å². The van der Waals surface area contributed by atoms with Crippen LogP contribution in [0.4, 0.5) is 0 Å². The van der Waals surface area contributed by atoms with Crippen LogP contribution in [0.25, 0.3) is 11.1 Å². The fraction of sp³-hybridized carbons (Fsp3) is 0.250. The molecule has 19 heavy (non-hydrogen) atoms. The van der Waals surface area contributed by atoms with E-state index >= 15 is 0 Å². The maximum Gasteiger partial charge on any atom is 0.0451 e. The number of hydrogen-bond donors (Lipinski definition) is 1. The first kappa shape index (κ1) is 14.4. The summed E-state index contributed by atoms with van der Waals surface area (Å²) in [5, 5.41) is 4.92. The molecule has 3 heteroatoms. The Morgan fingerprint density at radius 1 is 1.00 bits per heavy atom. The fourth-order valence-electron chi connectivity index (χ4n) is 1.96. The first-order valence-electron chi connectivity index (χ1n) is 6.46. The molecule has 0 saturated carbocycles. The van der Waals surface area contributed by atoms with Crippen LogP contribution < -0.4 is 5.32 Å². The van der Waals surface area contributed by atoms with Gasteiger partial charge in [-0.3, -0.25) is 0 Å². The monoisotopic (exact) mass is 293 g/mol. The Morgan fingerprint density at radius 3 is 2.53 bits per heavy atom. The second kappa shape index (κ2) is 6.95. The molecule has 0 aliphatic heterocycles. The van der Waals surface area contributed by atoms with Gasteiger partial charge in [0.15, 0.2) is 0 Å². The van der Waals surface area contributed by atoms with Crippen LogP contribution in [0.3, 0.4) is 0 Å². The van der Waals surface area contributed by atoms with Crippen LogP contribution in [0.15, 0.2) is 42.5 Å². The molecular formula is C16H17Cl2N. The molecule has 2 aromatic carbocycles. The molecule has 0 aliphatic carbocycles. The fourth-order valence-corrected chi connectivity index (χ4v) is 2.33. The van der Waals surface area contributed by atoms with Crippen LogP contribution in [-0.2, 0) is 6.54 Å². The highest BCUT2D eigenvalue weighted by atomic mass is 35.5. The van der Waals surface area contributed by atoms with Gasteiger partial charge in [-0.15, -0.1) is 0 Å². The topological polar surface area (TPSA) is 12.0 Å². The molecule has 0 saturated heterocycles. The van der Waals surface area contributed by atoms with E-state index < -0.39 is 0 Å². The van der Waals surface area contributed by atoms with Crippen LogP contribution in [-0.4, -0.2) is 6.54 Å². The average molecular weight is 294 g/mol. The molecule has 0 fully saturated rings. The molecule has 1 N–H and O–H groups in total. The van der Waals surface area contributed by atoms with Crippen molar-refractivity contribution >= 4 is 23.2 Å². The van der Waals surface area contributed by atoms with Gasteiger partial charge in [-0.1, -0.05) is 48.3 Å². The minimum absolute atomic E-state index is 0.748. The molecule has 0 aliphatic rings. The number of rotatable bonds is 5. The van der Waals surface area contributed by atoms with E-state index in [0.29, 0.717) is 0 Å². The lowest BCUT2D eigenvalue weighted by molar-refractivity contribution is 0.676. The molecule has 100 valence electrons. The molecule has 2 aromatic rings. The smallest absolute Gasteiger partial charge is 0.0451 e. The summed E-state index contributed by atoms with van der Waals surface area (Å²) in [5.41, 5.74) is 3.37. The molecular weight excluding hydrogens is 277 g/mol. The Kier molecular flexibility index (Phi) is 5.26. The second-order valence-electron chi connectivity index (χ2n) is 4.49. The molecule has 0 amide bonds. The minimum atomic E-state index is 0.748. The number of benzene rings is 2. The Labute approximate surface area is 124 Å². The number of nitrogens with one attached hydrogen (secondary N) is 1. The van der Waals surface area contributed by atoms with Crippen LogP contribution in [0.5, 0.6) is 0 Å². The quantitative estimate of drug-likeness (QED) is 0.751. The SMILES string of the molecule is CCCNCc1cc(-c2cccc(Cl)c2)ccc1Cl. The van der Waals surface area contributed by atoms with Crippen molar-refractivity contribution in [2.24, 2.45) is 0 Å². The molecule has 0 heterocycles. The summed E-state index contributed by atoms with van der Waals surface area (Å²) in [5.74, 6) is 0. The summed E-state index contributed by atoms with van der Waals surface area (Å²) in [6.45, 7) is 3.94.